The Labute approximate surface area is 117 Å². The molecule has 1 aromatic rings. The van der Waals surface area contributed by atoms with Gasteiger partial charge in [0.25, 0.3) is 0 Å². The van der Waals surface area contributed by atoms with Gasteiger partial charge in [-0.25, -0.2) is 17.2 Å². The highest BCUT2D eigenvalue weighted by Gasteiger charge is 2.35. The smallest absolute Gasteiger partial charge is 0.243 e. The molecule has 8 heteroatoms. The number of halogens is 3. The van der Waals surface area contributed by atoms with E-state index in [1.54, 1.807) is 0 Å². The second kappa shape index (κ2) is 5.70. The van der Waals surface area contributed by atoms with Crippen molar-refractivity contribution in [3.63, 3.8) is 0 Å². The summed E-state index contributed by atoms with van der Waals surface area (Å²) in [7, 11) is -3.88. The van der Waals surface area contributed by atoms with Crippen LogP contribution in [-0.4, -0.2) is 31.9 Å². The molecule has 0 spiro atoms. The van der Waals surface area contributed by atoms with Gasteiger partial charge in [-0.2, -0.15) is 4.31 Å². The van der Waals surface area contributed by atoms with Crippen LogP contribution in [0.4, 0.5) is 8.78 Å². The van der Waals surface area contributed by atoms with Crippen LogP contribution in [0.2, 0.25) is 0 Å². The lowest BCUT2D eigenvalue weighted by atomic mass is 10.1. The molecule has 2 rings (SSSR count). The fourth-order valence-corrected chi connectivity index (χ4v) is 3.59. The van der Waals surface area contributed by atoms with Crippen molar-refractivity contribution in [2.45, 2.75) is 17.9 Å². The van der Waals surface area contributed by atoms with Crippen LogP contribution in [0.3, 0.4) is 0 Å². The molecule has 0 aliphatic carbocycles. The molecule has 0 aromatic heterocycles. The zero-order chi connectivity index (χ0) is 13.5. The minimum atomic E-state index is -3.88. The summed E-state index contributed by atoms with van der Waals surface area (Å²) in [5, 5.41) is 0. The lowest BCUT2D eigenvalue weighted by Crippen LogP contribution is -2.32. The third-order valence-electron chi connectivity index (χ3n) is 3.11. The SMILES string of the molecule is CC1CN(S(=O)(=O)c2cc(F)cc(F)c2)CC1N.Cl. The summed E-state index contributed by atoms with van der Waals surface area (Å²) < 4.78 is 51.6. The van der Waals surface area contributed by atoms with Gasteiger partial charge in [-0.1, -0.05) is 6.92 Å². The summed E-state index contributed by atoms with van der Waals surface area (Å²) in [6.45, 7) is 2.27. The zero-order valence-corrected chi connectivity index (χ0v) is 11.8. The van der Waals surface area contributed by atoms with Gasteiger partial charge in [0.05, 0.1) is 4.90 Å². The molecular weight excluding hydrogens is 298 g/mol. The molecule has 1 fully saturated rings. The van der Waals surface area contributed by atoms with Gasteiger partial charge in [0.15, 0.2) is 0 Å². The standard InChI is InChI=1S/C11H14F2N2O2S.ClH/c1-7-5-15(6-11(7)14)18(16,17)10-3-8(12)2-9(13)4-10;/h2-4,7,11H,5-6,14H2,1H3;1H. The molecule has 1 heterocycles. The molecule has 1 aliphatic rings. The van der Waals surface area contributed by atoms with Crippen LogP contribution in [0, 0.1) is 17.6 Å². The van der Waals surface area contributed by atoms with Crippen LogP contribution in [0.25, 0.3) is 0 Å². The lowest BCUT2D eigenvalue weighted by molar-refractivity contribution is 0.462. The number of benzene rings is 1. The Bertz CT molecular complexity index is 538. The average molecular weight is 313 g/mol. The molecule has 1 aliphatic heterocycles. The van der Waals surface area contributed by atoms with Crippen molar-refractivity contribution >= 4 is 22.4 Å². The summed E-state index contributed by atoms with van der Waals surface area (Å²) in [6, 6.07) is 2.01. The Morgan fingerprint density at radius 1 is 1.21 bits per heavy atom. The van der Waals surface area contributed by atoms with Crippen LogP contribution in [-0.2, 0) is 10.0 Å². The van der Waals surface area contributed by atoms with E-state index in [-0.39, 0.29) is 42.4 Å². The predicted molar refractivity (Wildman–Crippen MR) is 69.5 cm³/mol. The van der Waals surface area contributed by atoms with E-state index >= 15 is 0 Å². The van der Waals surface area contributed by atoms with Crippen molar-refractivity contribution in [1.82, 2.24) is 4.31 Å². The maximum Gasteiger partial charge on any atom is 0.243 e. The number of hydrogen-bond acceptors (Lipinski definition) is 3. The van der Waals surface area contributed by atoms with Gasteiger partial charge in [0, 0.05) is 25.2 Å². The first-order valence-corrected chi connectivity index (χ1v) is 6.96. The van der Waals surface area contributed by atoms with E-state index in [4.69, 9.17) is 5.73 Å². The third kappa shape index (κ3) is 3.22. The van der Waals surface area contributed by atoms with Crippen LogP contribution in [0.5, 0.6) is 0 Å². The van der Waals surface area contributed by atoms with E-state index in [2.05, 4.69) is 0 Å². The first-order chi connectivity index (χ1) is 8.30. The molecule has 0 bridgehead atoms. The highest BCUT2D eigenvalue weighted by Crippen LogP contribution is 2.24. The van der Waals surface area contributed by atoms with E-state index in [0.29, 0.717) is 6.07 Å². The molecule has 19 heavy (non-hydrogen) atoms. The van der Waals surface area contributed by atoms with Crippen molar-refractivity contribution in [2.24, 2.45) is 11.7 Å². The average Bonchev–Trinajstić information content (AvgIpc) is 2.58. The summed E-state index contributed by atoms with van der Waals surface area (Å²) in [5.74, 6) is -1.80. The maximum absolute atomic E-state index is 13.1. The molecule has 0 saturated carbocycles. The highest BCUT2D eigenvalue weighted by atomic mass is 35.5. The molecule has 4 nitrogen and oxygen atoms in total. The van der Waals surface area contributed by atoms with Gasteiger partial charge in [0.1, 0.15) is 11.6 Å². The third-order valence-corrected chi connectivity index (χ3v) is 4.92. The Balaban J connectivity index is 0.00000180. The van der Waals surface area contributed by atoms with Crippen molar-refractivity contribution in [1.29, 1.82) is 0 Å². The number of rotatable bonds is 2. The van der Waals surface area contributed by atoms with E-state index in [9.17, 15) is 17.2 Å². The zero-order valence-electron chi connectivity index (χ0n) is 10.2. The minimum absolute atomic E-state index is 0. The van der Waals surface area contributed by atoms with Crippen LogP contribution in [0.15, 0.2) is 23.1 Å². The predicted octanol–water partition coefficient (Wildman–Crippen LogP) is 1.35. The second-order valence-corrected chi connectivity index (χ2v) is 6.51. The molecule has 0 radical (unpaired) electrons. The molecule has 2 atom stereocenters. The Hall–Kier alpha value is -0.760. The topological polar surface area (TPSA) is 63.4 Å². The number of sulfonamides is 1. The van der Waals surface area contributed by atoms with Gasteiger partial charge in [0.2, 0.25) is 10.0 Å². The molecule has 108 valence electrons. The Kier molecular flexibility index (Phi) is 4.89. The Morgan fingerprint density at radius 2 is 1.74 bits per heavy atom. The molecular formula is C11H15ClF2N2O2S. The van der Waals surface area contributed by atoms with Crippen LogP contribution >= 0.6 is 12.4 Å². The van der Waals surface area contributed by atoms with E-state index in [0.717, 1.165) is 16.4 Å². The van der Waals surface area contributed by atoms with Crippen LogP contribution in [0.1, 0.15) is 6.92 Å². The molecule has 1 aromatic carbocycles. The van der Waals surface area contributed by atoms with Gasteiger partial charge in [-0.3, -0.25) is 0 Å². The van der Waals surface area contributed by atoms with Gasteiger partial charge < -0.3 is 5.73 Å². The first kappa shape index (κ1) is 16.3. The summed E-state index contributed by atoms with van der Waals surface area (Å²) in [4.78, 5) is -0.374. The van der Waals surface area contributed by atoms with Gasteiger partial charge in [-0.15, -0.1) is 12.4 Å². The number of nitrogens with two attached hydrogens (primary N) is 1. The lowest BCUT2D eigenvalue weighted by Gasteiger charge is -2.16. The van der Waals surface area contributed by atoms with Gasteiger partial charge in [-0.05, 0) is 18.1 Å². The fraction of sp³-hybridized carbons (Fsp3) is 0.455. The first-order valence-electron chi connectivity index (χ1n) is 5.52. The molecule has 1 saturated heterocycles. The molecule has 2 N–H and O–H groups in total. The van der Waals surface area contributed by atoms with E-state index in [1.165, 1.54) is 0 Å². The Morgan fingerprint density at radius 3 is 2.16 bits per heavy atom. The molecule has 2 unspecified atom stereocenters. The van der Waals surface area contributed by atoms with E-state index < -0.39 is 21.7 Å². The summed E-state index contributed by atoms with van der Waals surface area (Å²) in [6.07, 6.45) is 0. The van der Waals surface area contributed by atoms with Crippen molar-refractivity contribution in [2.75, 3.05) is 13.1 Å². The highest BCUT2D eigenvalue weighted by molar-refractivity contribution is 7.89. The van der Waals surface area contributed by atoms with Crippen molar-refractivity contribution < 1.29 is 17.2 Å². The second-order valence-electron chi connectivity index (χ2n) is 4.57. The van der Waals surface area contributed by atoms with Crippen molar-refractivity contribution in [3.8, 4) is 0 Å². The number of nitrogens with zero attached hydrogens (tertiary/aromatic N) is 1. The largest absolute Gasteiger partial charge is 0.326 e. The quantitative estimate of drug-likeness (QED) is 0.896. The monoisotopic (exact) mass is 312 g/mol. The normalized spacial score (nSPS) is 24.2. The van der Waals surface area contributed by atoms with Crippen molar-refractivity contribution in [3.05, 3.63) is 29.8 Å². The van der Waals surface area contributed by atoms with Gasteiger partial charge >= 0.3 is 0 Å². The van der Waals surface area contributed by atoms with Crippen LogP contribution < -0.4 is 5.73 Å². The molecule has 0 amide bonds. The maximum atomic E-state index is 13.1. The fourth-order valence-electron chi connectivity index (χ4n) is 1.97. The van der Waals surface area contributed by atoms with E-state index in [1.807, 2.05) is 6.92 Å². The minimum Gasteiger partial charge on any atom is -0.326 e. The summed E-state index contributed by atoms with van der Waals surface area (Å²) >= 11 is 0. The number of hydrogen-bond donors (Lipinski definition) is 1. The summed E-state index contributed by atoms with van der Waals surface area (Å²) in [5.41, 5.74) is 5.75.